The molecule has 1 fully saturated rings. The van der Waals surface area contributed by atoms with Crippen LogP contribution in [0.5, 0.6) is 11.5 Å². The number of thiazole rings is 1. The predicted octanol–water partition coefficient (Wildman–Crippen LogP) is 3.11. The van der Waals surface area contributed by atoms with Gasteiger partial charge in [0, 0.05) is 24.0 Å². The highest BCUT2D eigenvalue weighted by molar-refractivity contribution is 7.09. The number of ether oxygens (including phenoxy) is 2. The average Bonchev–Trinajstić information content (AvgIpc) is 3.11. The van der Waals surface area contributed by atoms with E-state index in [0.717, 1.165) is 43.2 Å². The number of hydrogen-bond donors (Lipinski definition) is 1. The lowest BCUT2D eigenvalue weighted by Crippen LogP contribution is -2.42. The van der Waals surface area contributed by atoms with Crippen LogP contribution in [-0.4, -0.2) is 49.6 Å². The Bertz CT molecular complexity index is 776. The Balaban J connectivity index is 1.68. The SMILES string of the molecule is CNC[C@@H]1CCCN(C(=O)c2ccc(OCc3csc(C)n3)c(OC)c2)C1. The van der Waals surface area contributed by atoms with E-state index in [1.165, 1.54) is 0 Å². The van der Waals surface area contributed by atoms with Crippen LogP contribution in [0.25, 0.3) is 0 Å². The van der Waals surface area contributed by atoms with E-state index in [2.05, 4.69) is 10.3 Å². The second-order valence-electron chi connectivity index (χ2n) is 6.83. The van der Waals surface area contributed by atoms with E-state index in [4.69, 9.17) is 9.47 Å². The standard InChI is InChI=1S/C20H27N3O3S/c1-14-22-17(13-27-14)12-26-18-7-6-16(9-19(18)25-3)20(24)23-8-4-5-15(11-23)10-21-2/h6-7,9,13,15,21H,4-5,8,10-12H2,1-3H3/t15-/m0/s1. The Morgan fingerprint density at radius 1 is 1.41 bits per heavy atom. The maximum Gasteiger partial charge on any atom is 0.254 e. The zero-order valence-corrected chi connectivity index (χ0v) is 17.0. The molecule has 0 radical (unpaired) electrons. The molecule has 1 atom stereocenters. The van der Waals surface area contributed by atoms with E-state index < -0.39 is 0 Å². The van der Waals surface area contributed by atoms with E-state index in [9.17, 15) is 4.79 Å². The van der Waals surface area contributed by atoms with E-state index >= 15 is 0 Å². The minimum atomic E-state index is 0.0516. The van der Waals surface area contributed by atoms with E-state index in [-0.39, 0.29) is 5.91 Å². The van der Waals surface area contributed by atoms with Gasteiger partial charge in [-0.1, -0.05) is 0 Å². The molecule has 1 amide bonds. The van der Waals surface area contributed by atoms with Crippen molar-refractivity contribution in [3.8, 4) is 11.5 Å². The van der Waals surface area contributed by atoms with Gasteiger partial charge in [-0.25, -0.2) is 4.98 Å². The number of carbonyl (C=O) groups is 1. The Morgan fingerprint density at radius 3 is 2.96 bits per heavy atom. The van der Waals surface area contributed by atoms with Crippen LogP contribution >= 0.6 is 11.3 Å². The third-order valence-electron chi connectivity index (χ3n) is 4.75. The van der Waals surface area contributed by atoms with Crippen LogP contribution in [-0.2, 0) is 6.61 Å². The largest absolute Gasteiger partial charge is 0.493 e. The fourth-order valence-corrected chi connectivity index (χ4v) is 4.03. The Hall–Kier alpha value is -2.12. The highest BCUT2D eigenvalue weighted by Crippen LogP contribution is 2.30. The summed E-state index contributed by atoms with van der Waals surface area (Å²) in [6, 6.07) is 5.39. The second-order valence-corrected chi connectivity index (χ2v) is 7.89. The number of carbonyl (C=O) groups excluding carboxylic acids is 1. The summed E-state index contributed by atoms with van der Waals surface area (Å²) in [6.45, 7) is 4.89. The third kappa shape index (κ3) is 4.99. The van der Waals surface area contributed by atoms with Crippen LogP contribution in [0.3, 0.4) is 0 Å². The monoisotopic (exact) mass is 389 g/mol. The number of benzene rings is 1. The highest BCUT2D eigenvalue weighted by atomic mass is 32.1. The number of amides is 1. The van der Waals surface area contributed by atoms with Crippen LogP contribution in [0, 0.1) is 12.8 Å². The maximum atomic E-state index is 12.9. The Morgan fingerprint density at radius 2 is 2.26 bits per heavy atom. The first-order valence-corrected chi connectivity index (χ1v) is 10.1. The first-order chi connectivity index (χ1) is 13.1. The summed E-state index contributed by atoms with van der Waals surface area (Å²) in [6.07, 6.45) is 2.21. The summed E-state index contributed by atoms with van der Waals surface area (Å²) in [5, 5.41) is 6.21. The second kappa shape index (κ2) is 9.19. The fraction of sp³-hybridized carbons (Fsp3) is 0.500. The number of nitrogens with zero attached hydrogens (tertiary/aromatic N) is 2. The average molecular weight is 390 g/mol. The molecule has 0 saturated carbocycles. The summed E-state index contributed by atoms with van der Waals surface area (Å²) in [4.78, 5) is 19.3. The predicted molar refractivity (Wildman–Crippen MR) is 107 cm³/mol. The van der Waals surface area contributed by atoms with Gasteiger partial charge in [0.05, 0.1) is 17.8 Å². The molecule has 2 heterocycles. The molecule has 2 aromatic rings. The van der Waals surface area contributed by atoms with Crippen LogP contribution in [0.2, 0.25) is 0 Å². The van der Waals surface area contributed by atoms with Gasteiger partial charge in [0.25, 0.3) is 5.91 Å². The summed E-state index contributed by atoms with van der Waals surface area (Å²) in [5.74, 6) is 1.75. The molecule has 0 unspecified atom stereocenters. The van der Waals surface area contributed by atoms with Gasteiger partial charge in [0.15, 0.2) is 11.5 Å². The number of likely N-dealkylation sites (tertiary alicyclic amines) is 1. The molecular weight excluding hydrogens is 362 g/mol. The number of hydrogen-bond acceptors (Lipinski definition) is 6. The first-order valence-electron chi connectivity index (χ1n) is 9.26. The number of rotatable bonds is 7. The fourth-order valence-electron chi connectivity index (χ4n) is 3.43. The molecule has 1 aromatic carbocycles. The molecule has 7 heteroatoms. The van der Waals surface area contributed by atoms with Crippen molar-refractivity contribution in [2.45, 2.75) is 26.4 Å². The molecule has 0 bridgehead atoms. The van der Waals surface area contributed by atoms with Crippen molar-refractivity contribution in [3.05, 3.63) is 39.8 Å². The molecule has 3 rings (SSSR count). The van der Waals surface area contributed by atoms with Gasteiger partial charge in [0.2, 0.25) is 0 Å². The number of piperidine rings is 1. The number of aryl methyl sites for hydroxylation is 1. The van der Waals surface area contributed by atoms with Gasteiger partial charge >= 0.3 is 0 Å². The quantitative estimate of drug-likeness (QED) is 0.788. The van der Waals surface area contributed by atoms with Gasteiger partial charge in [0.1, 0.15) is 6.61 Å². The van der Waals surface area contributed by atoms with Crippen LogP contribution in [0.1, 0.15) is 33.9 Å². The summed E-state index contributed by atoms with van der Waals surface area (Å²) in [5.41, 5.74) is 1.53. The zero-order valence-electron chi connectivity index (χ0n) is 16.2. The maximum absolute atomic E-state index is 12.9. The van der Waals surface area contributed by atoms with Gasteiger partial charge in [-0.2, -0.15) is 0 Å². The van der Waals surface area contributed by atoms with Crippen LogP contribution < -0.4 is 14.8 Å². The minimum absolute atomic E-state index is 0.0516. The molecule has 1 aromatic heterocycles. The van der Waals surface area contributed by atoms with Crippen LogP contribution in [0.4, 0.5) is 0 Å². The van der Waals surface area contributed by atoms with Crippen molar-refractivity contribution in [3.63, 3.8) is 0 Å². The van der Waals surface area contributed by atoms with Crippen molar-refractivity contribution in [2.75, 3.05) is 33.8 Å². The van der Waals surface area contributed by atoms with Gasteiger partial charge in [-0.05, 0) is 57.5 Å². The Labute approximate surface area is 164 Å². The molecule has 0 aliphatic carbocycles. The van der Waals surface area contributed by atoms with Crippen molar-refractivity contribution >= 4 is 17.2 Å². The summed E-state index contributed by atoms with van der Waals surface area (Å²) < 4.78 is 11.3. The summed E-state index contributed by atoms with van der Waals surface area (Å²) >= 11 is 1.60. The Kier molecular flexibility index (Phi) is 6.68. The minimum Gasteiger partial charge on any atom is -0.493 e. The van der Waals surface area contributed by atoms with Crippen molar-refractivity contribution in [2.24, 2.45) is 5.92 Å². The van der Waals surface area contributed by atoms with Crippen molar-refractivity contribution in [1.82, 2.24) is 15.2 Å². The van der Waals surface area contributed by atoms with Crippen molar-refractivity contribution in [1.29, 1.82) is 0 Å². The summed E-state index contributed by atoms with van der Waals surface area (Å²) in [7, 11) is 3.55. The molecule has 1 aliphatic heterocycles. The van der Waals surface area contributed by atoms with Crippen LogP contribution in [0.15, 0.2) is 23.6 Å². The smallest absolute Gasteiger partial charge is 0.254 e. The van der Waals surface area contributed by atoms with E-state index in [0.29, 0.717) is 29.6 Å². The van der Waals surface area contributed by atoms with Gasteiger partial charge in [-0.15, -0.1) is 11.3 Å². The molecule has 1 N–H and O–H groups in total. The lowest BCUT2D eigenvalue weighted by Gasteiger charge is -2.32. The third-order valence-corrected chi connectivity index (χ3v) is 5.57. The normalized spacial score (nSPS) is 17.0. The van der Waals surface area contributed by atoms with E-state index in [1.54, 1.807) is 30.6 Å². The zero-order chi connectivity index (χ0) is 19.2. The molecule has 146 valence electrons. The molecule has 1 aliphatic rings. The number of aromatic nitrogens is 1. The van der Waals surface area contributed by atoms with Crippen molar-refractivity contribution < 1.29 is 14.3 Å². The lowest BCUT2D eigenvalue weighted by molar-refractivity contribution is 0.0674. The van der Waals surface area contributed by atoms with E-state index in [1.807, 2.05) is 30.3 Å². The number of nitrogens with one attached hydrogen (secondary N) is 1. The highest BCUT2D eigenvalue weighted by Gasteiger charge is 2.24. The molecule has 0 spiro atoms. The first kappa shape index (κ1) is 19.6. The topological polar surface area (TPSA) is 63.7 Å². The lowest BCUT2D eigenvalue weighted by atomic mass is 9.97. The number of methoxy groups -OCH3 is 1. The molecular formula is C20H27N3O3S. The molecule has 6 nitrogen and oxygen atoms in total. The van der Waals surface area contributed by atoms with Gasteiger partial charge in [-0.3, -0.25) is 4.79 Å². The molecule has 1 saturated heterocycles. The molecule has 27 heavy (non-hydrogen) atoms. The van der Waals surface area contributed by atoms with Gasteiger partial charge < -0.3 is 19.7 Å².